The summed E-state index contributed by atoms with van der Waals surface area (Å²) < 4.78 is 0. The smallest absolute Gasteiger partial charge is 0.0617 e. The lowest BCUT2D eigenvalue weighted by atomic mass is 9.69. The molecular weight excluding hydrogens is 212 g/mol. The van der Waals surface area contributed by atoms with Crippen molar-refractivity contribution in [3.8, 4) is 0 Å². The molecule has 1 aromatic heterocycles. The van der Waals surface area contributed by atoms with E-state index in [1.807, 2.05) is 31.3 Å². The van der Waals surface area contributed by atoms with Gasteiger partial charge in [-0.1, -0.05) is 32.0 Å². The molecule has 17 heavy (non-hydrogen) atoms. The van der Waals surface area contributed by atoms with Crippen molar-refractivity contribution in [2.45, 2.75) is 31.7 Å². The number of H-pyrrole nitrogens is 1. The maximum absolute atomic E-state index is 9.47. The van der Waals surface area contributed by atoms with Crippen LogP contribution in [0.4, 0.5) is 0 Å². The van der Waals surface area contributed by atoms with E-state index < -0.39 is 5.54 Å². The monoisotopic (exact) mass is 232 g/mol. The van der Waals surface area contributed by atoms with Gasteiger partial charge in [-0.05, 0) is 18.6 Å². The Morgan fingerprint density at radius 3 is 2.53 bits per heavy atom. The van der Waals surface area contributed by atoms with Crippen molar-refractivity contribution < 1.29 is 5.11 Å². The highest BCUT2D eigenvalue weighted by molar-refractivity contribution is 5.84. The molecule has 0 fully saturated rings. The quantitative estimate of drug-likeness (QED) is 0.759. The first-order chi connectivity index (χ1) is 7.90. The van der Waals surface area contributed by atoms with Gasteiger partial charge in [0.05, 0.1) is 6.61 Å². The highest BCUT2D eigenvalue weighted by Crippen LogP contribution is 2.37. The topological polar surface area (TPSA) is 62.0 Å². The SMILES string of the molecule is CC(N)(CO)C(C)(C)c1c[nH]c2ccccc12. The highest BCUT2D eigenvalue weighted by Gasteiger charge is 2.39. The molecule has 0 aliphatic heterocycles. The van der Waals surface area contributed by atoms with Crippen molar-refractivity contribution in [2.24, 2.45) is 5.73 Å². The molecule has 0 bridgehead atoms. The zero-order valence-electron chi connectivity index (χ0n) is 10.6. The number of nitrogens with one attached hydrogen (secondary N) is 1. The van der Waals surface area contributed by atoms with Crippen LogP contribution in [0.2, 0.25) is 0 Å². The Morgan fingerprint density at radius 2 is 1.88 bits per heavy atom. The number of para-hydroxylation sites is 1. The molecule has 3 nitrogen and oxygen atoms in total. The third kappa shape index (κ3) is 1.75. The van der Waals surface area contributed by atoms with Crippen LogP contribution < -0.4 is 5.73 Å². The Balaban J connectivity index is 2.60. The lowest BCUT2D eigenvalue weighted by Crippen LogP contribution is -2.55. The summed E-state index contributed by atoms with van der Waals surface area (Å²) in [7, 11) is 0. The third-order valence-electron chi connectivity index (χ3n) is 4.02. The molecule has 1 unspecified atom stereocenters. The molecule has 3 heteroatoms. The summed E-state index contributed by atoms with van der Waals surface area (Å²) in [5.41, 5.74) is 7.50. The van der Waals surface area contributed by atoms with Crippen molar-refractivity contribution in [3.63, 3.8) is 0 Å². The van der Waals surface area contributed by atoms with Crippen molar-refractivity contribution in [2.75, 3.05) is 6.61 Å². The summed E-state index contributed by atoms with van der Waals surface area (Å²) in [6.45, 7) is 5.98. The molecule has 0 amide bonds. The van der Waals surface area contributed by atoms with Crippen molar-refractivity contribution in [1.29, 1.82) is 0 Å². The van der Waals surface area contributed by atoms with E-state index in [1.165, 1.54) is 5.39 Å². The first kappa shape index (κ1) is 12.1. The lowest BCUT2D eigenvalue weighted by molar-refractivity contribution is 0.147. The Hall–Kier alpha value is -1.32. The maximum Gasteiger partial charge on any atom is 0.0617 e. The molecule has 92 valence electrons. The molecule has 1 atom stereocenters. The number of hydrogen-bond donors (Lipinski definition) is 3. The van der Waals surface area contributed by atoms with Gasteiger partial charge in [-0.25, -0.2) is 0 Å². The zero-order valence-corrected chi connectivity index (χ0v) is 10.6. The van der Waals surface area contributed by atoms with Crippen LogP contribution in [0.5, 0.6) is 0 Å². The van der Waals surface area contributed by atoms with Crippen LogP contribution in [0.3, 0.4) is 0 Å². The van der Waals surface area contributed by atoms with Gasteiger partial charge < -0.3 is 15.8 Å². The van der Waals surface area contributed by atoms with Gasteiger partial charge in [0, 0.05) is 28.1 Å². The second-order valence-electron chi connectivity index (χ2n) is 5.45. The second-order valence-corrected chi connectivity index (χ2v) is 5.45. The minimum atomic E-state index is -0.655. The second kappa shape index (κ2) is 3.86. The molecule has 0 saturated carbocycles. The van der Waals surface area contributed by atoms with Crippen LogP contribution in [0.15, 0.2) is 30.5 Å². The van der Waals surface area contributed by atoms with Crippen LogP contribution in [-0.4, -0.2) is 22.2 Å². The Bertz CT molecular complexity index is 526. The van der Waals surface area contributed by atoms with Crippen molar-refractivity contribution in [3.05, 3.63) is 36.0 Å². The molecule has 0 spiro atoms. The van der Waals surface area contributed by atoms with E-state index >= 15 is 0 Å². The molecule has 2 rings (SSSR count). The Labute approximate surface area is 102 Å². The normalized spacial score (nSPS) is 16.1. The number of rotatable bonds is 3. The number of nitrogens with two attached hydrogens (primary N) is 1. The minimum Gasteiger partial charge on any atom is -0.394 e. The van der Waals surface area contributed by atoms with Crippen molar-refractivity contribution in [1.82, 2.24) is 4.98 Å². The summed E-state index contributed by atoms with van der Waals surface area (Å²) in [4.78, 5) is 3.25. The summed E-state index contributed by atoms with van der Waals surface area (Å²) in [5, 5.41) is 10.6. The zero-order chi connectivity index (χ0) is 12.7. The summed E-state index contributed by atoms with van der Waals surface area (Å²) in [5.74, 6) is 0. The number of fused-ring (bicyclic) bond motifs is 1. The van der Waals surface area contributed by atoms with Gasteiger partial charge in [0.1, 0.15) is 0 Å². The van der Waals surface area contributed by atoms with Crippen LogP contribution >= 0.6 is 0 Å². The minimum absolute atomic E-state index is 0.0422. The van der Waals surface area contributed by atoms with Gasteiger partial charge in [0.2, 0.25) is 0 Å². The predicted molar refractivity (Wildman–Crippen MR) is 71.0 cm³/mol. The maximum atomic E-state index is 9.47. The molecule has 0 radical (unpaired) electrons. The number of aliphatic hydroxyl groups excluding tert-OH is 1. The highest BCUT2D eigenvalue weighted by atomic mass is 16.3. The lowest BCUT2D eigenvalue weighted by Gasteiger charge is -2.40. The first-order valence-corrected chi connectivity index (χ1v) is 5.86. The van der Waals surface area contributed by atoms with Gasteiger partial charge in [-0.3, -0.25) is 0 Å². The number of aliphatic hydroxyl groups is 1. The summed E-state index contributed by atoms with van der Waals surface area (Å²) >= 11 is 0. The fourth-order valence-electron chi connectivity index (χ4n) is 2.09. The van der Waals surface area contributed by atoms with Gasteiger partial charge in [0.25, 0.3) is 0 Å². The van der Waals surface area contributed by atoms with Gasteiger partial charge in [-0.15, -0.1) is 0 Å². The fourth-order valence-corrected chi connectivity index (χ4v) is 2.09. The molecular formula is C14H20N2O. The van der Waals surface area contributed by atoms with Gasteiger partial charge in [-0.2, -0.15) is 0 Å². The molecule has 0 aliphatic carbocycles. The first-order valence-electron chi connectivity index (χ1n) is 5.86. The predicted octanol–water partition coefficient (Wildman–Crippen LogP) is 2.16. The van der Waals surface area contributed by atoms with Gasteiger partial charge >= 0.3 is 0 Å². The molecule has 1 heterocycles. The van der Waals surface area contributed by atoms with E-state index in [2.05, 4.69) is 24.9 Å². The molecule has 0 aliphatic rings. The molecule has 1 aromatic carbocycles. The molecule has 2 aromatic rings. The van der Waals surface area contributed by atoms with E-state index in [-0.39, 0.29) is 12.0 Å². The standard InChI is InChI=1S/C14H20N2O/c1-13(2,14(3,15)9-17)11-8-16-12-7-5-4-6-10(11)12/h4-8,16-17H,9,15H2,1-3H3. The summed E-state index contributed by atoms with van der Waals surface area (Å²) in [6, 6.07) is 8.14. The average Bonchev–Trinajstić information content (AvgIpc) is 2.72. The molecule has 4 N–H and O–H groups in total. The van der Waals surface area contributed by atoms with Crippen molar-refractivity contribution >= 4 is 10.9 Å². The fraction of sp³-hybridized carbons (Fsp3) is 0.429. The number of benzene rings is 1. The number of hydrogen-bond acceptors (Lipinski definition) is 2. The van der Waals surface area contributed by atoms with E-state index in [0.29, 0.717) is 0 Å². The number of aromatic amines is 1. The van der Waals surface area contributed by atoms with Crippen LogP contribution in [0.1, 0.15) is 26.3 Å². The summed E-state index contributed by atoms with van der Waals surface area (Å²) in [6.07, 6.45) is 1.99. The van der Waals surface area contributed by atoms with E-state index in [9.17, 15) is 5.11 Å². The largest absolute Gasteiger partial charge is 0.394 e. The van der Waals surface area contributed by atoms with Crippen LogP contribution in [0.25, 0.3) is 10.9 Å². The Morgan fingerprint density at radius 1 is 1.24 bits per heavy atom. The van der Waals surface area contributed by atoms with E-state index in [1.54, 1.807) is 0 Å². The number of aromatic nitrogens is 1. The van der Waals surface area contributed by atoms with E-state index in [0.717, 1.165) is 11.1 Å². The average molecular weight is 232 g/mol. The van der Waals surface area contributed by atoms with Crippen LogP contribution in [0, 0.1) is 0 Å². The van der Waals surface area contributed by atoms with Crippen LogP contribution in [-0.2, 0) is 5.41 Å². The molecule has 0 saturated heterocycles. The van der Waals surface area contributed by atoms with E-state index in [4.69, 9.17) is 5.73 Å². The Kier molecular flexibility index (Phi) is 2.76. The van der Waals surface area contributed by atoms with Gasteiger partial charge in [0.15, 0.2) is 0 Å². The third-order valence-corrected chi connectivity index (χ3v) is 4.02.